The predicted octanol–water partition coefficient (Wildman–Crippen LogP) is 2.47. The second-order valence-electron chi connectivity index (χ2n) is 5.37. The highest BCUT2D eigenvalue weighted by Gasteiger charge is 2.21. The van der Waals surface area contributed by atoms with Crippen molar-refractivity contribution in [1.29, 1.82) is 0 Å². The number of rotatable bonds is 9. The maximum Gasteiger partial charge on any atom is 0.267 e. The average Bonchev–Trinajstić information content (AvgIpc) is 2.79. The maximum absolute atomic E-state index is 11.0. The molecule has 0 aliphatic carbocycles. The Morgan fingerprint density at radius 1 is 1.18 bits per heavy atom. The van der Waals surface area contributed by atoms with Crippen molar-refractivity contribution >= 4 is 13.7 Å². The highest BCUT2D eigenvalue weighted by atomic mass is 31.2. The predicted molar refractivity (Wildman–Crippen MR) is 88.3 cm³/mol. The molecule has 0 aromatic heterocycles. The molecule has 0 aromatic carbocycles. The van der Waals surface area contributed by atoms with Crippen molar-refractivity contribution in [3.05, 3.63) is 0 Å². The molecule has 1 aliphatic rings. The summed E-state index contributed by atoms with van der Waals surface area (Å²) in [5.41, 5.74) is 0. The van der Waals surface area contributed by atoms with Crippen LogP contribution in [0, 0.1) is 0 Å². The summed E-state index contributed by atoms with van der Waals surface area (Å²) in [5.74, 6) is 1.41. The van der Waals surface area contributed by atoms with Crippen LogP contribution in [0.3, 0.4) is 0 Å². The fraction of sp³-hybridized carbons (Fsp3) is 0.933. The summed E-state index contributed by atoms with van der Waals surface area (Å²) in [6, 6.07) is 0. The molecule has 0 aromatic rings. The van der Waals surface area contributed by atoms with Crippen LogP contribution >= 0.6 is 7.82 Å². The number of hydrogen-bond donors (Lipinski definition) is 0. The van der Waals surface area contributed by atoms with E-state index in [0.29, 0.717) is 0 Å². The van der Waals surface area contributed by atoms with Gasteiger partial charge in [-0.1, -0.05) is 26.7 Å². The molecule has 0 atom stereocenters. The molecule has 0 fully saturated rings. The van der Waals surface area contributed by atoms with Crippen molar-refractivity contribution in [1.82, 2.24) is 4.90 Å². The van der Waals surface area contributed by atoms with Crippen molar-refractivity contribution in [3.63, 3.8) is 0 Å². The minimum Gasteiger partial charge on any atom is -0.756 e. The van der Waals surface area contributed by atoms with Gasteiger partial charge in [-0.3, -0.25) is 14.0 Å². The summed E-state index contributed by atoms with van der Waals surface area (Å²) >= 11 is 0. The van der Waals surface area contributed by atoms with Gasteiger partial charge in [0.1, 0.15) is 13.1 Å². The Bertz CT molecular complexity index is 361. The summed E-state index contributed by atoms with van der Waals surface area (Å²) in [6.45, 7) is 12.3. The maximum atomic E-state index is 11.0. The lowest BCUT2D eigenvalue weighted by molar-refractivity contribution is -0.487. The van der Waals surface area contributed by atoms with Crippen molar-refractivity contribution in [2.24, 2.45) is 0 Å². The highest BCUT2D eigenvalue weighted by molar-refractivity contribution is 7.45. The lowest BCUT2D eigenvalue weighted by Gasteiger charge is -2.22. The van der Waals surface area contributed by atoms with Crippen molar-refractivity contribution in [2.75, 3.05) is 39.9 Å². The lowest BCUT2D eigenvalue weighted by atomic mass is 10.4. The van der Waals surface area contributed by atoms with E-state index in [9.17, 15) is 9.46 Å². The Labute approximate surface area is 135 Å². The number of likely N-dealkylation sites (N-methyl/N-ethyl adjacent to an activating group) is 2. The molecule has 6 nitrogen and oxygen atoms in total. The largest absolute Gasteiger partial charge is 0.756 e. The van der Waals surface area contributed by atoms with Gasteiger partial charge in [-0.2, -0.15) is 0 Å². The Morgan fingerprint density at radius 3 is 1.95 bits per heavy atom. The number of unbranched alkanes of at least 4 members (excludes halogenated alkanes) is 2. The van der Waals surface area contributed by atoms with Gasteiger partial charge < -0.3 is 13.9 Å². The molecule has 0 unspecified atom stereocenters. The first-order chi connectivity index (χ1) is 10.4. The van der Waals surface area contributed by atoms with E-state index in [0.717, 1.165) is 32.2 Å². The van der Waals surface area contributed by atoms with Crippen LogP contribution in [-0.2, 0) is 13.6 Å². The Hall–Kier alpha value is -0.420. The topological polar surface area (TPSA) is 64.8 Å². The molecular weight excluding hydrogens is 303 g/mol. The monoisotopic (exact) mass is 336 g/mol. The molecule has 7 heteroatoms. The van der Waals surface area contributed by atoms with Gasteiger partial charge in [0.05, 0.1) is 26.8 Å². The first-order valence-corrected chi connectivity index (χ1v) is 9.73. The van der Waals surface area contributed by atoms with E-state index in [2.05, 4.69) is 39.4 Å². The van der Waals surface area contributed by atoms with Gasteiger partial charge in [0, 0.05) is 6.92 Å². The smallest absolute Gasteiger partial charge is 0.267 e. The van der Waals surface area contributed by atoms with Gasteiger partial charge in [0.2, 0.25) is 5.84 Å². The van der Waals surface area contributed by atoms with Gasteiger partial charge in [-0.15, -0.1) is 0 Å². The summed E-state index contributed by atoms with van der Waals surface area (Å²) in [7, 11) is -1.86. The SMILES string of the molecule is CCCCOP(=O)([O-])OCCCC.CCN1CC[N+](C)=C1C. The second kappa shape index (κ2) is 12.1. The Kier molecular flexibility index (Phi) is 11.8. The van der Waals surface area contributed by atoms with E-state index in [1.165, 1.54) is 18.9 Å². The van der Waals surface area contributed by atoms with Gasteiger partial charge in [0.15, 0.2) is 0 Å². The highest BCUT2D eigenvalue weighted by Crippen LogP contribution is 2.38. The third-order valence-corrected chi connectivity index (χ3v) is 4.59. The second-order valence-corrected chi connectivity index (χ2v) is 6.78. The number of phosphoric acid groups is 1. The number of amidine groups is 1. The third-order valence-electron chi connectivity index (χ3n) is 3.59. The molecule has 132 valence electrons. The zero-order chi connectivity index (χ0) is 17.0. The number of phosphoric ester groups is 1. The molecule has 0 saturated heterocycles. The van der Waals surface area contributed by atoms with Crippen LogP contribution in [0.25, 0.3) is 0 Å². The average molecular weight is 336 g/mol. The summed E-state index contributed by atoms with van der Waals surface area (Å²) in [6.07, 6.45) is 3.30. The molecule has 22 heavy (non-hydrogen) atoms. The Balaban J connectivity index is 0.000000425. The molecule has 1 heterocycles. The van der Waals surface area contributed by atoms with Crippen molar-refractivity contribution < 1.29 is 23.1 Å². The van der Waals surface area contributed by atoms with Gasteiger partial charge in [0.25, 0.3) is 7.82 Å². The fourth-order valence-electron chi connectivity index (χ4n) is 1.90. The third kappa shape index (κ3) is 9.57. The minimum atomic E-state index is -4.00. The molecule has 0 amide bonds. The van der Waals surface area contributed by atoms with E-state index in [-0.39, 0.29) is 13.2 Å². The summed E-state index contributed by atoms with van der Waals surface area (Å²) in [5, 5.41) is 0. The van der Waals surface area contributed by atoms with Crippen LogP contribution in [0.5, 0.6) is 0 Å². The van der Waals surface area contributed by atoms with Gasteiger partial charge in [-0.25, -0.2) is 0 Å². The van der Waals surface area contributed by atoms with E-state index in [1.807, 2.05) is 13.8 Å². The molecule has 0 N–H and O–H groups in total. The Morgan fingerprint density at radius 2 is 1.68 bits per heavy atom. The molecule has 0 radical (unpaired) electrons. The van der Waals surface area contributed by atoms with Gasteiger partial charge in [-0.05, 0) is 19.8 Å². The van der Waals surface area contributed by atoms with E-state index in [1.54, 1.807) is 0 Å². The molecular formula is C15H33N2O4P. The van der Waals surface area contributed by atoms with Crippen molar-refractivity contribution in [3.8, 4) is 0 Å². The van der Waals surface area contributed by atoms with Crippen LogP contribution in [0.2, 0.25) is 0 Å². The normalized spacial score (nSPS) is 15.1. The fourth-order valence-corrected chi connectivity index (χ4v) is 2.68. The molecule has 0 saturated carbocycles. The first-order valence-electron chi connectivity index (χ1n) is 8.27. The van der Waals surface area contributed by atoms with Gasteiger partial charge >= 0.3 is 0 Å². The minimum absolute atomic E-state index is 0.226. The van der Waals surface area contributed by atoms with Crippen LogP contribution < -0.4 is 4.89 Å². The van der Waals surface area contributed by atoms with E-state index in [4.69, 9.17) is 0 Å². The number of nitrogens with zero attached hydrogens (tertiary/aromatic N) is 2. The zero-order valence-electron chi connectivity index (χ0n) is 14.8. The standard InChI is InChI=1S/C8H19O4P.C7H15N2/c1-3-5-7-11-13(9,10)12-8-6-4-2;1-4-9-6-5-8(3)7(9)2/h3-8H2,1-2H3,(H,9,10);4-6H2,1-3H3/q;+1/p-1. The lowest BCUT2D eigenvalue weighted by Crippen LogP contribution is -2.25. The van der Waals surface area contributed by atoms with Crippen LogP contribution in [0.4, 0.5) is 0 Å². The quantitative estimate of drug-likeness (QED) is 0.368. The molecule has 1 rings (SSSR count). The molecule has 0 bridgehead atoms. The van der Waals surface area contributed by atoms with Crippen LogP contribution in [-0.4, -0.2) is 55.2 Å². The zero-order valence-corrected chi connectivity index (χ0v) is 15.7. The molecule has 1 aliphatic heterocycles. The van der Waals surface area contributed by atoms with Crippen molar-refractivity contribution in [2.45, 2.75) is 53.4 Å². The van der Waals surface area contributed by atoms with Crippen LogP contribution in [0.1, 0.15) is 53.4 Å². The van der Waals surface area contributed by atoms with E-state index >= 15 is 0 Å². The number of hydrogen-bond acceptors (Lipinski definition) is 5. The summed E-state index contributed by atoms with van der Waals surface area (Å²) in [4.78, 5) is 13.4. The summed E-state index contributed by atoms with van der Waals surface area (Å²) < 4.78 is 22.4. The molecule has 0 spiro atoms. The first kappa shape index (κ1) is 21.6. The van der Waals surface area contributed by atoms with Crippen LogP contribution in [0.15, 0.2) is 0 Å². The van der Waals surface area contributed by atoms with E-state index < -0.39 is 7.82 Å².